The molecule has 6 nitrogen and oxygen atoms in total. The molecule has 0 aromatic heterocycles. The fourth-order valence-corrected chi connectivity index (χ4v) is 2.85. The van der Waals surface area contributed by atoms with Gasteiger partial charge in [0.1, 0.15) is 11.4 Å². The number of phenolic OH excluding ortho intramolecular Hbond substituents is 1. The Morgan fingerprint density at radius 3 is 2.22 bits per heavy atom. The van der Waals surface area contributed by atoms with Crippen molar-refractivity contribution in [2.75, 3.05) is 33.2 Å². The van der Waals surface area contributed by atoms with Gasteiger partial charge in [0, 0.05) is 31.7 Å². The highest BCUT2D eigenvalue weighted by Crippen LogP contribution is 2.14. The van der Waals surface area contributed by atoms with Gasteiger partial charge in [0.25, 0.3) is 11.8 Å². The average molecular weight is 365 g/mol. The van der Waals surface area contributed by atoms with Crippen molar-refractivity contribution in [1.29, 1.82) is 0 Å². The normalized spacial score (nSPS) is 15.4. The van der Waals surface area contributed by atoms with Gasteiger partial charge in [-0.05, 0) is 43.0 Å². The van der Waals surface area contributed by atoms with Crippen LogP contribution in [0.4, 0.5) is 0 Å². The first-order valence-corrected chi connectivity index (χ1v) is 8.88. The molecule has 3 rings (SSSR count). The molecule has 0 radical (unpaired) electrons. The molecule has 0 bridgehead atoms. The summed E-state index contributed by atoms with van der Waals surface area (Å²) < 4.78 is 0. The van der Waals surface area contributed by atoms with Crippen LogP contribution in [0.3, 0.4) is 0 Å². The van der Waals surface area contributed by atoms with Crippen molar-refractivity contribution >= 4 is 17.9 Å². The van der Waals surface area contributed by atoms with Crippen molar-refractivity contribution in [3.8, 4) is 5.75 Å². The third-order valence-electron chi connectivity index (χ3n) is 4.51. The summed E-state index contributed by atoms with van der Waals surface area (Å²) in [4.78, 5) is 29.5. The van der Waals surface area contributed by atoms with E-state index < -0.39 is 0 Å². The highest BCUT2D eigenvalue weighted by molar-refractivity contribution is 6.05. The Kier molecular flexibility index (Phi) is 5.88. The number of piperazine rings is 1. The zero-order chi connectivity index (χ0) is 19.2. The van der Waals surface area contributed by atoms with Crippen LogP contribution in [0.25, 0.3) is 6.08 Å². The number of benzene rings is 2. The Morgan fingerprint density at radius 1 is 0.963 bits per heavy atom. The summed E-state index contributed by atoms with van der Waals surface area (Å²) >= 11 is 0. The molecule has 1 aliphatic rings. The summed E-state index contributed by atoms with van der Waals surface area (Å²) in [6.45, 7) is 2.82. The van der Waals surface area contributed by atoms with Crippen LogP contribution < -0.4 is 5.32 Å². The van der Waals surface area contributed by atoms with E-state index in [-0.39, 0.29) is 23.3 Å². The molecule has 2 aromatic carbocycles. The minimum absolute atomic E-state index is 0.146. The van der Waals surface area contributed by atoms with E-state index in [0.717, 1.165) is 18.7 Å². The van der Waals surface area contributed by atoms with Gasteiger partial charge in [-0.2, -0.15) is 0 Å². The molecular weight excluding hydrogens is 342 g/mol. The molecule has 27 heavy (non-hydrogen) atoms. The topological polar surface area (TPSA) is 72.9 Å². The molecule has 0 saturated carbocycles. The monoisotopic (exact) mass is 365 g/mol. The van der Waals surface area contributed by atoms with E-state index in [2.05, 4.69) is 10.2 Å². The summed E-state index contributed by atoms with van der Waals surface area (Å²) in [6.07, 6.45) is 1.64. The van der Waals surface area contributed by atoms with Crippen molar-refractivity contribution in [2.45, 2.75) is 0 Å². The Morgan fingerprint density at radius 2 is 1.59 bits per heavy atom. The summed E-state index contributed by atoms with van der Waals surface area (Å²) in [5.41, 5.74) is 1.43. The first-order chi connectivity index (χ1) is 13.0. The fourth-order valence-electron chi connectivity index (χ4n) is 2.85. The predicted octanol–water partition coefficient (Wildman–Crippen LogP) is 1.94. The molecule has 2 amide bonds. The van der Waals surface area contributed by atoms with Crippen LogP contribution in [-0.2, 0) is 4.79 Å². The van der Waals surface area contributed by atoms with E-state index in [9.17, 15) is 14.7 Å². The SMILES string of the molecule is CN1CCN(C(=O)/C(=C/c2ccc(O)cc2)NC(=O)c2ccccc2)CC1. The maximum Gasteiger partial charge on any atom is 0.270 e. The Hall–Kier alpha value is -3.12. The lowest BCUT2D eigenvalue weighted by atomic mass is 10.1. The Balaban J connectivity index is 1.85. The van der Waals surface area contributed by atoms with Gasteiger partial charge in [-0.25, -0.2) is 0 Å². The van der Waals surface area contributed by atoms with Crippen LogP contribution in [0.15, 0.2) is 60.3 Å². The molecule has 0 atom stereocenters. The molecule has 140 valence electrons. The lowest BCUT2D eigenvalue weighted by Gasteiger charge is -2.33. The minimum atomic E-state index is -0.330. The third-order valence-corrected chi connectivity index (χ3v) is 4.51. The molecule has 2 aromatic rings. The maximum absolute atomic E-state index is 13.0. The summed E-state index contributed by atoms with van der Waals surface area (Å²) in [7, 11) is 2.02. The number of carbonyl (C=O) groups excluding carboxylic acids is 2. The van der Waals surface area contributed by atoms with Crippen molar-refractivity contribution in [2.24, 2.45) is 0 Å². The van der Waals surface area contributed by atoms with Crippen molar-refractivity contribution in [3.63, 3.8) is 0 Å². The lowest BCUT2D eigenvalue weighted by molar-refractivity contribution is -0.128. The average Bonchev–Trinajstić information content (AvgIpc) is 2.70. The first kappa shape index (κ1) is 18.7. The second-order valence-corrected chi connectivity index (χ2v) is 6.57. The number of rotatable bonds is 4. The molecular formula is C21H23N3O3. The van der Waals surface area contributed by atoms with Crippen LogP contribution in [0.2, 0.25) is 0 Å². The Bertz CT molecular complexity index is 824. The smallest absolute Gasteiger partial charge is 0.270 e. The zero-order valence-electron chi connectivity index (χ0n) is 15.3. The number of amides is 2. The standard InChI is InChI=1S/C21H23N3O3/c1-23-11-13-24(14-12-23)21(27)19(15-16-7-9-18(25)10-8-16)22-20(26)17-5-3-2-4-6-17/h2-10,15,25H,11-14H2,1H3,(H,22,26)/b19-15-. The quantitative estimate of drug-likeness (QED) is 0.812. The van der Waals surface area contributed by atoms with Gasteiger partial charge in [-0.3, -0.25) is 9.59 Å². The number of nitrogens with zero attached hydrogens (tertiary/aromatic N) is 2. The van der Waals surface area contributed by atoms with Crippen LogP contribution in [0.5, 0.6) is 5.75 Å². The summed E-state index contributed by atoms with van der Waals surface area (Å²) in [6, 6.07) is 15.3. The number of likely N-dealkylation sites (N-methyl/N-ethyl adjacent to an activating group) is 1. The van der Waals surface area contributed by atoms with Gasteiger partial charge in [0.15, 0.2) is 0 Å². The number of nitrogens with one attached hydrogen (secondary N) is 1. The number of aromatic hydroxyl groups is 1. The van der Waals surface area contributed by atoms with E-state index in [0.29, 0.717) is 18.7 Å². The molecule has 0 spiro atoms. The molecule has 1 saturated heterocycles. The molecule has 1 heterocycles. The van der Waals surface area contributed by atoms with E-state index in [1.165, 1.54) is 0 Å². The van der Waals surface area contributed by atoms with Gasteiger partial charge in [0.2, 0.25) is 0 Å². The Labute approximate surface area is 158 Å². The van der Waals surface area contributed by atoms with E-state index in [1.54, 1.807) is 59.5 Å². The molecule has 0 unspecified atom stereocenters. The van der Waals surface area contributed by atoms with Gasteiger partial charge < -0.3 is 20.2 Å². The number of carbonyl (C=O) groups is 2. The second-order valence-electron chi connectivity index (χ2n) is 6.57. The highest BCUT2D eigenvalue weighted by atomic mass is 16.3. The zero-order valence-corrected chi connectivity index (χ0v) is 15.3. The lowest BCUT2D eigenvalue weighted by Crippen LogP contribution is -2.49. The fraction of sp³-hybridized carbons (Fsp3) is 0.238. The summed E-state index contributed by atoms with van der Waals surface area (Å²) in [5.74, 6) is -0.393. The number of phenols is 1. The maximum atomic E-state index is 13.0. The third kappa shape index (κ3) is 4.95. The minimum Gasteiger partial charge on any atom is -0.508 e. The van der Waals surface area contributed by atoms with Gasteiger partial charge in [-0.1, -0.05) is 30.3 Å². The first-order valence-electron chi connectivity index (χ1n) is 8.88. The van der Waals surface area contributed by atoms with Gasteiger partial charge in [-0.15, -0.1) is 0 Å². The predicted molar refractivity (Wildman–Crippen MR) is 104 cm³/mol. The molecule has 1 aliphatic heterocycles. The van der Waals surface area contributed by atoms with Crippen LogP contribution in [0.1, 0.15) is 15.9 Å². The van der Waals surface area contributed by atoms with Crippen LogP contribution >= 0.6 is 0 Å². The van der Waals surface area contributed by atoms with E-state index in [4.69, 9.17) is 0 Å². The van der Waals surface area contributed by atoms with Crippen LogP contribution in [0, 0.1) is 0 Å². The number of hydrogen-bond acceptors (Lipinski definition) is 4. The van der Waals surface area contributed by atoms with Crippen molar-refractivity contribution < 1.29 is 14.7 Å². The molecule has 6 heteroatoms. The van der Waals surface area contributed by atoms with Crippen molar-refractivity contribution in [3.05, 3.63) is 71.4 Å². The summed E-state index contributed by atoms with van der Waals surface area (Å²) in [5, 5.41) is 12.2. The largest absolute Gasteiger partial charge is 0.508 e. The van der Waals surface area contributed by atoms with Crippen LogP contribution in [-0.4, -0.2) is 59.9 Å². The highest BCUT2D eigenvalue weighted by Gasteiger charge is 2.23. The molecule has 1 fully saturated rings. The van der Waals surface area contributed by atoms with E-state index in [1.807, 2.05) is 13.1 Å². The van der Waals surface area contributed by atoms with E-state index >= 15 is 0 Å². The molecule has 2 N–H and O–H groups in total. The number of hydrogen-bond donors (Lipinski definition) is 2. The van der Waals surface area contributed by atoms with Gasteiger partial charge in [0.05, 0.1) is 0 Å². The molecule has 0 aliphatic carbocycles. The van der Waals surface area contributed by atoms with Gasteiger partial charge >= 0.3 is 0 Å². The second kappa shape index (κ2) is 8.51. The van der Waals surface area contributed by atoms with Crippen molar-refractivity contribution in [1.82, 2.24) is 15.1 Å².